The van der Waals surface area contributed by atoms with E-state index in [4.69, 9.17) is 0 Å². The van der Waals surface area contributed by atoms with Gasteiger partial charge in [0.1, 0.15) is 5.75 Å². The molecule has 2 fully saturated rings. The quantitative estimate of drug-likeness (QED) is 0.822. The topological polar surface area (TPSA) is 95.0 Å². The second-order valence-electron chi connectivity index (χ2n) is 6.94. The Balaban J connectivity index is 1.89. The van der Waals surface area contributed by atoms with Crippen molar-refractivity contribution in [3.05, 3.63) is 29.8 Å². The van der Waals surface area contributed by atoms with Crippen molar-refractivity contribution in [2.24, 2.45) is 5.92 Å². The molecule has 2 aliphatic rings. The third-order valence-electron chi connectivity index (χ3n) is 4.83. The minimum atomic E-state index is -3.30. The SMILES string of the molecule is CC(C)C(=O)N1CCN(C(=O)c2ccc(O)cc2)[C@@H]2CS(=O)(=O)C[C@@H]21. The molecule has 2 atom stereocenters. The Morgan fingerprint density at radius 1 is 1.04 bits per heavy atom. The average molecular weight is 366 g/mol. The molecule has 0 aromatic heterocycles. The monoisotopic (exact) mass is 366 g/mol. The van der Waals surface area contributed by atoms with Crippen molar-refractivity contribution in [2.75, 3.05) is 24.6 Å². The Bertz CT molecular complexity index is 788. The van der Waals surface area contributed by atoms with Gasteiger partial charge in [0.2, 0.25) is 5.91 Å². The third-order valence-corrected chi connectivity index (χ3v) is 6.53. The highest BCUT2D eigenvalue weighted by Gasteiger charge is 2.49. The number of rotatable bonds is 2. The van der Waals surface area contributed by atoms with Crippen LogP contribution in [0.3, 0.4) is 0 Å². The Morgan fingerprint density at radius 3 is 2.12 bits per heavy atom. The molecule has 7 nitrogen and oxygen atoms in total. The molecule has 0 saturated carbocycles. The van der Waals surface area contributed by atoms with Crippen LogP contribution >= 0.6 is 0 Å². The van der Waals surface area contributed by atoms with E-state index < -0.39 is 21.9 Å². The van der Waals surface area contributed by atoms with Gasteiger partial charge in [0.25, 0.3) is 5.91 Å². The predicted octanol–water partition coefficient (Wildman–Crippen LogP) is 0.498. The molecule has 0 aliphatic carbocycles. The number of phenolic OH excluding ortho intramolecular Hbond substituents is 1. The summed E-state index contributed by atoms with van der Waals surface area (Å²) in [5, 5.41) is 9.37. The number of piperazine rings is 1. The number of aromatic hydroxyl groups is 1. The summed E-state index contributed by atoms with van der Waals surface area (Å²) in [5.41, 5.74) is 0.393. The molecule has 2 saturated heterocycles. The second kappa shape index (κ2) is 6.33. The van der Waals surface area contributed by atoms with Gasteiger partial charge in [-0.1, -0.05) is 13.8 Å². The first kappa shape index (κ1) is 17.7. The summed E-state index contributed by atoms with van der Waals surface area (Å²) in [6.45, 7) is 4.20. The highest BCUT2D eigenvalue weighted by molar-refractivity contribution is 7.91. The van der Waals surface area contributed by atoms with E-state index in [-0.39, 0.29) is 35.0 Å². The lowest BCUT2D eigenvalue weighted by molar-refractivity contribution is -0.139. The molecule has 136 valence electrons. The van der Waals surface area contributed by atoms with Crippen molar-refractivity contribution in [2.45, 2.75) is 25.9 Å². The number of hydrogen-bond donors (Lipinski definition) is 1. The molecule has 2 amide bonds. The Hall–Kier alpha value is -2.09. The molecule has 3 rings (SSSR count). The highest BCUT2D eigenvalue weighted by atomic mass is 32.2. The van der Waals surface area contributed by atoms with Crippen LogP contribution in [-0.2, 0) is 14.6 Å². The molecule has 25 heavy (non-hydrogen) atoms. The van der Waals surface area contributed by atoms with Crippen molar-refractivity contribution in [3.8, 4) is 5.75 Å². The Kier molecular flexibility index (Phi) is 4.49. The fourth-order valence-corrected chi connectivity index (χ4v) is 5.56. The van der Waals surface area contributed by atoms with Crippen LogP contribution in [0.5, 0.6) is 5.75 Å². The number of hydrogen-bond acceptors (Lipinski definition) is 5. The fourth-order valence-electron chi connectivity index (χ4n) is 3.58. The van der Waals surface area contributed by atoms with Crippen LogP contribution in [0, 0.1) is 5.92 Å². The van der Waals surface area contributed by atoms with Crippen LogP contribution in [0.15, 0.2) is 24.3 Å². The zero-order valence-electron chi connectivity index (χ0n) is 14.3. The van der Waals surface area contributed by atoms with Gasteiger partial charge < -0.3 is 14.9 Å². The lowest BCUT2D eigenvalue weighted by atomic mass is 10.0. The van der Waals surface area contributed by atoms with Gasteiger partial charge in [-0.3, -0.25) is 9.59 Å². The van der Waals surface area contributed by atoms with Crippen LogP contribution in [0.1, 0.15) is 24.2 Å². The summed E-state index contributed by atoms with van der Waals surface area (Å²) in [5.74, 6) is -0.736. The van der Waals surface area contributed by atoms with Gasteiger partial charge in [-0.15, -0.1) is 0 Å². The molecular weight excluding hydrogens is 344 g/mol. The smallest absolute Gasteiger partial charge is 0.254 e. The summed E-state index contributed by atoms with van der Waals surface area (Å²) in [6, 6.07) is 4.87. The van der Waals surface area contributed by atoms with Crippen molar-refractivity contribution < 1.29 is 23.1 Å². The van der Waals surface area contributed by atoms with Crippen molar-refractivity contribution >= 4 is 21.7 Å². The molecule has 0 radical (unpaired) electrons. The van der Waals surface area contributed by atoms with E-state index >= 15 is 0 Å². The number of carbonyl (C=O) groups is 2. The van der Waals surface area contributed by atoms with E-state index in [0.717, 1.165) is 0 Å². The summed E-state index contributed by atoms with van der Waals surface area (Å²) < 4.78 is 24.4. The Labute approximate surface area is 147 Å². The summed E-state index contributed by atoms with van der Waals surface area (Å²) in [7, 11) is -3.30. The zero-order chi connectivity index (χ0) is 18.4. The molecule has 2 heterocycles. The molecule has 0 unspecified atom stereocenters. The second-order valence-corrected chi connectivity index (χ2v) is 9.10. The molecule has 0 spiro atoms. The minimum Gasteiger partial charge on any atom is -0.508 e. The van der Waals surface area contributed by atoms with Gasteiger partial charge in [-0.2, -0.15) is 0 Å². The van der Waals surface area contributed by atoms with Crippen molar-refractivity contribution in [1.29, 1.82) is 0 Å². The molecule has 1 aromatic carbocycles. The first-order valence-corrected chi connectivity index (χ1v) is 10.1. The van der Waals surface area contributed by atoms with Gasteiger partial charge in [-0.05, 0) is 24.3 Å². The lowest BCUT2D eigenvalue weighted by Crippen LogP contribution is -2.62. The molecule has 1 aromatic rings. The Morgan fingerprint density at radius 2 is 1.56 bits per heavy atom. The van der Waals surface area contributed by atoms with Gasteiger partial charge in [0.05, 0.1) is 23.6 Å². The third kappa shape index (κ3) is 3.35. The maximum atomic E-state index is 12.8. The van der Waals surface area contributed by atoms with Crippen molar-refractivity contribution in [1.82, 2.24) is 9.80 Å². The maximum Gasteiger partial charge on any atom is 0.254 e. The van der Waals surface area contributed by atoms with Crippen molar-refractivity contribution in [3.63, 3.8) is 0 Å². The fraction of sp³-hybridized carbons (Fsp3) is 0.529. The van der Waals surface area contributed by atoms with E-state index in [9.17, 15) is 23.1 Å². The van der Waals surface area contributed by atoms with Gasteiger partial charge in [-0.25, -0.2) is 8.42 Å². The van der Waals surface area contributed by atoms with Crippen LogP contribution in [-0.4, -0.2) is 71.8 Å². The number of fused-ring (bicyclic) bond motifs is 1. The molecule has 0 bridgehead atoms. The van der Waals surface area contributed by atoms with Gasteiger partial charge in [0, 0.05) is 24.6 Å². The van der Waals surface area contributed by atoms with E-state index in [1.54, 1.807) is 23.6 Å². The van der Waals surface area contributed by atoms with E-state index in [0.29, 0.717) is 18.7 Å². The van der Waals surface area contributed by atoms with Crippen LogP contribution < -0.4 is 0 Å². The van der Waals surface area contributed by atoms with E-state index in [1.807, 2.05) is 0 Å². The number of sulfone groups is 1. The number of carbonyl (C=O) groups excluding carboxylic acids is 2. The highest BCUT2D eigenvalue weighted by Crippen LogP contribution is 2.29. The van der Waals surface area contributed by atoms with Gasteiger partial charge in [0.15, 0.2) is 9.84 Å². The number of nitrogens with zero attached hydrogens (tertiary/aromatic N) is 2. The van der Waals surface area contributed by atoms with Crippen LogP contribution in [0.25, 0.3) is 0 Å². The van der Waals surface area contributed by atoms with E-state index in [2.05, 4.69) is 0 Å². The minimum absolute atomic E-state index is 0.0604. The number of benzene rings is 1. The number of phenols is 1. The maximum absolute atomic E-state index is 12.8. The first-order chi connectivity index (χ1) is 11.7. The largest absolute Gasteiger partial charge is 0.508 e. The van der Waals surface area contributed by atoms with Crippen LogP contribution in [0.2, 0.25) is 0 Å². The average Bonchev–Trinajstić information content (AvgIpc) is 2.88. The predicted molar refractivity (Wildman–Crippen MR) is 91.9 cm³/mol. The zero-order valence-corrected chi connectivity index (χ0v) is 15.1. The molecule has 8 heteroatoms. The molecular formula is C17H22N2O5S. The summed E-state index contributed by atoms with van der Waals surface area (Å²) in [4.78, 5) is 28.4. The number of amides is 2. The first-order valence-electron chi connectivity index (χ1n) is 8.30. The van der Waals surface area contributed by atoms with E-state index in [1.165, 1.54) is 24.3 Å². The molecule has 2 aliphatic heterocycles. The summed E-state index contributed by atoms with van der Waals surface area (Å²) >= 11 is 0. The standard InChI is InChI=1S/C17H22N2O5S/c1-11(2)16(21)18-7-8-19(15-10-25(23,24)9-14(15)18)17(22)12-3-5-13(20)6-4-12/h3-6,11,14-15,20H,7-10H2,1-2H3/t14-,15+/m0/s1. The normalized spacial score (nSPS) is 25.1. The summed E-state index contributed by atoms with van der Waals surface area (Å²) in [6.07, 6.45) is 0. The molecule has 1 N–H and O–H groups in total. The lowest BCUT2D eigenvalue weighted by Gasteiger charge is -2.44. The van der Waals surface area contributed by atoms with Crippen LogP contribution in [0.4, 0.5) is 0 Å². The van der Waals surface area contributed by atoms with Gasteiger partial charge >= 0.3 is 0 Å².